The van der Waals surface area contributed by atoms with Crippen molar-refractivity contribution >= 4 is 11.6 Å². The molecule has 1 atom stereocenters. The van der Waals surface area contributed by atoms with E-state index < -0.39 is 12.0 Å². The quantitative estimate of drug-likeness (QED) is 0.761. The van der Waals surface area contributed by atoms with Gasteiger partial charge in [0, 0.05) is 11.4 Å². The molecule has 0 aliphatic heterocycles. The lowest BCUT2D eigenvalue weighted by molar-refractivity contribution is 0.0104. The van der Waals surface area contributed by atoms with Crippen LogP contribution in [0.25, 0.3) is 0 Å². The first kappa shape index (κ1) is 15.4. The SMILES string of the molecule is CCCC(O)(CCCC(F)F)c1ccc(Cl)cc1. The summed E-state index contributed by atoms with van der Waals surface area (Å²) < 4.78 is 24.3. The number of rotatable bonds is 7. The highest BCUT2D eigenvalue weighted by Crippen LogP contribution is 2.33. The van der Waals surface area contributed by atoms with Crippen LogP contribution in [0.4, 0.5) is 8.78 Å². The fraction of sp³-hybridized carbons (Fsp3) is 0.571. The van der Waals surface area contributed by atoms with E-state index in [0.717, 1.165) is 12.0 Å². The average molecular weight is 277 g/mol. The number of benzene rings is 1. The largest absolute Gasteiger partial charge is 0.385 e. The van der Waals surface area contributed by atoms with Gasteiger partial charge in [0.15, 0.2) is 0 Å². The van der Waals surface area contributed by atoms with Crippen molar-refractivity contribution in [2.24, 2.45) is 0 Å². The number of alkyl halides is 2. The molecule has 0 fully saturated rings. The Labute approximate surface area is 112 Å². The molecule has 1 N–H and O–H groups in total. The summed E-state index contributed by atoms with van der Waals surface area (Å²) in [6.45, 7) is 1.97. The van der Waals surface area contributed by atoms with Gasteiger partial charge in [-0.25, -0.2) is 8.78 Å². The lowest BCUT2D eigenvalue weighted by atomic mass is 9.85. The zero-order chi connectivity index (χ0) is 13.6. The number of halogens is 3. The monoisotopic (exact) mass is 276 g/mol. The fourth-order valence-electron chi connectivity index (χ4n) is 2.14. The van der Waals surface area contributed by atoms with Crippen LogP contribution < -0.4 is 0 Å². The van der Waals surface area contributed by atoms with Gasteiger partial charge < -0.3 is 5.11 Å². The molecule has 0 spiro atoms. The standard InChI is InChI=1S/C14H19ClF2O/c1-2-9-14(18,10-3-4-13(16)17)11-5-7-12(15)8-6-11/h5-8,13,18H,2-4,9-10H2,1H3. The summed E-state index contributed by atoms with van der Waals surface area (Å²) in [6.07, 6.45) is -0.435. The molecule has 0 aliphatic carbocycles. The number of hydrogen-bond acceptors (Lipinski definition) is 1. The Kier molecular flexibility index (Phi) is 6.03. The second-order valence-electron chi connectivity index (χ2n) is 4.57. The molecule has 0 saturated carbocycles. The van der Waals surface area contributed by atoms with Crippen molar-refractivity contribution in [1.29, 1.82) is 0 Å². The molecule has 4 heteroatoms. The van der Waals surface area contributed by atoms with E-state index in [-0.39, 0.29) is 6.42 Å². The van der Waals surface area contributed by atoms with Crippen molar-refractivity contribution in [2.45, 2.75) is 51.1 Å². The zero-order valence-electron chi connectivity index (χ0n) is 10.5. The van der Waals surface area contributed by atoms with Gasteiger partial charge in [0.05, 0.1) is 5.60 Å². The molecule has 18 heavy (non-hydrogen) atoms. The maximum Gasteiger partial charge on any atom is 0.238 e. The maximum atomic E-state index is 12.2. The predicted molar refractivity (Wildman–Crippen MR) is 70.1 cm³/mol. The highest BCUT2D eigenvalue weighted by atomic mass is 35.5. The van der Waals surface area contributed by atoms with Crippen LogP contribution in [0, 0.1) is 0 Å². The van der Waals surface area contributed by atoms with Crippen LogP contribution in [0.1, 0.15) is 44.6 Å². The smallest absolute Gasteiger partial charge is 0.238 e. The molecule has 0 heterocycles. The molecule has 0 amide bonds. The summed E-state index contributed by atoms with van der Waals surface area (Å²) in [4.78, 5) is 0. The molecule has 0 aromatic heterocycles. The summed E-state index contributed by atoms with van der Waals surface area (Å²) in [5, 5.41) is 11.2. The maximum absolute atomic E-state index is 12.2. The predicted octanol–water partition coefficient (Wildman–Crippen LogP) is 4.76. The van der Waals surface area contributed by atoms with Crippen molar-refractivity contribution in [1.82, 2.24) is 0 Å². The number of hydrogen-bond donors (Lipinski definition) is 1. The first-order chi connectivity index (χ1) is 8.48. The van der Waals surface area contributed by atoms with Crippen LogP contribution in [0.3, 0.4) is 0 Å². The van der Waals surface area contributed by atoms with Gasteiger partial charge in [-0.15, -0.1) is 0 Å². The van der Waals surface area contributed by atoms with Crippen molar-refractivity contribution in [3.63, 3.8) is 0 Å². The van der Waals surface area contributed by atoms with Gasteiger partial charge >= 0.3 is 0 Å². The summed E-state index contributed by atoms with van der Waals surface area (Å²) in [5.74, 6) is 0. The lowest BCUT2D eigenvalue weighted by Gasteiger charge is -2.28. The molecule has 0 bridgehead atoms. The van der Waals surface area contributed by atoms with Crippen LogP contribution in [-0.2, 0) is 5.60 Å². The second kappa shape index (κ2) is 7.05. The highest BCUT2D eigenvalue weighted by molar-refractivity contribution is 6.30. The lowest BCUT2D eigenvalue weighted by Crippen LogP contribution is -2.25. The van der Waals surface area contributed by atoms with Crippen LogP contribution >= 0.6 is 11.6 Å². The van der Waals surface area contributed by atoms with Crippen molar-refractivity contribution < 1.29 is 13.9 Å². The summed E-state index contributed by atoms with van der Waals surface area (Å²) in [6, 6.07) is 6.95. The topological polar surface area (TPSA) is 20.2 Å². The first-order valence-corrected chi connectivity index (χ1v) is 6.62. The minimum Gasteiger partial charge on any atom is -0.385 e. The van der Waals surface area contributed by atoms with Crippen molar-refractivity contribution in [3.8, 4) is 0 Å². The Morgan fingerprint density at radius 3 is 2.33 bits per heavy atom. The van der Waals surface area contributed by atoms with Gasteiger partial charge in [0.1, 0.15) is 0 Å². The van der Waals surface area contributed by atoms with Crippen LogP contribution in [0.5, 0.6) is 0 Å². The Hall–Kier alpha value is -0.670. The van der Waals surface area contributed by atoms with Crippen molar-refractivity contribution in [3.05, 3.63) is 34.9 Å². The van der Waals surface area contributed by atoms with E-state index in [1.165, 1.54) is 0 Å². The minimum atomic E-state index is -2.30. The van der Waals surface area contributed by atoms with E-state index in [9.17, 15) is 13.9 Å². The van der Waals surface area contributed by atoms with Gasteiger partial charge in [0.25, 0.3) is 0 Å². The molecule has 0 aliphatic rings. The Balaban J connectivity index is 2.75. The van der Waals surface area contributed by atoms with Gasteiger partial charge in [-0.3, -0.25) is 0 Å². The van der Waals surface area contributed by atoms with Crippen LogP contribution in [0.15, 0.2) is 24.3 Å². The van der Waals surface area contributed by atoms with E-state index >= 15 is 0 Å². The van der Waals surface area contributed by atoms with Crippen LogP contribution in [0.2, 0.25) is 5.02 Å². The first-order valence-electron chi connectivity index (χ1n) is 6.24. The van der Waals surface area contributed by atoms with E-state index in [2.05, 4.69) is 0 Å². The normalized spacial score (nSPS) is 14.8. The van der Waals surface area contributed by atoms with Crippen LogP contribution in [-0.4, -0.2) is 11.5 Å². The molecule has 0 saturated heterocycles. The zero-order valence-corrected chi connectivity index (χ0v) is 11.3. The van der Waals surface area contributed by atoms with Gasteiger partial charge in [-0.05, 0) is 37.0 Å². The molecule has 102 valence electrons. The van der Waals surface area contributed by atoms with E-state index in [1.807, 2.05) is 6.92 Å². The molecule has 1 nitrogen and oxygen atoms in total. The van der Waals surface area contributed by atoms with Gasteiger partial charge in [-0.1, -0.05) is 37.1 Å². The molecule has 1 unspecified atom stereocenters. The third-order valence-corrected chi connectivity index (χ3v) is 3.31. The Morgan fingerprint density at radius 1 is 1.22 bits per heavy atom. The average Bonchev–Trinajstić information content (AvgIpc) is 2.29. The molecule has 1 rings (SSSR count). The van der Waals surface area contributed by atoms with E-state index in [4.69, 9.17) is 11.6 Å². The minimum absolute atomic E-state index is 0.167. The molecular weight excluding hydrogens is 258 g/mol. The third kappa shape index (κ3) is 4.54. The molecular formula is C14H19ClF2O. The molecule has 0 radical (unpaired) electrons. The third-order valence-electron chi connectivity index (χ3n) is 3.06. The van der Waals surface area contributed by atoms with Gasteiger partial charge in [0.2, 0.25) is 6.43 Å². The summed E-state index contributed by atoms with van der Waals surface area (Å²) in [7, 11) is 0. The highest BCUT2D eigenvalue weighted by Gasteiger charge is 2.28. The second-order valence-corrected chi connectivity index (χ2v) is 5.01. The summed E-state index contributed by atoms with van der Waals surface area (Å²) in [5.41, 5.74) is -0.267. The number of aliphatic hydroxyl groups is 1. The summed E-state index contributed by atoms with van der Waals surface area (Å²) >= 11 is 5.80. The Bertz CT molecular complexity index is 353. The van der Waals surface area contributed by atoms with Crippen molar-refractivity contribution in [2.75, 3.05) is 0 Å². The van der Waals surface area contributed by atoms with Gasteiger partial charge in [-0.2, -0.15) is 0 Å². The Morgan fingerprint density at radius 2 is 1.83 bits per heavy atom. The van der Waals surface area contributed by atoms with E-state index in [0.29, 0.717) is 24.3 Å². The molecule has 1 aromatic carbocycles. The van der Waals surface area contributed by atoms with E-state index in [1.54, 1.807) is 24.3 Å². The fourth-order valence-corrected chi connectivity index (χ4v) is 2.26. The molecule has 1 aromatic rings.